The molecule has 5 nitrogen and oxygen atoms in total. The van der Waals surface area contributed by atoms with Gasteiger partial charge in [0, 0.05) is 25.8 Å². The molecular weight excluding hydrogens is 429 g/mol. The van der Waals surface area contributed by atoms with Gasteiger partial charge in [0.1, 0.15) is 0 Å². The molecule has 1 aromatic carbocycles. The maximum absolute atomic E-state index is 5.96. The van der Waals surface area contributed by atoms with E-state index in [1.54, 1.807) is 0 Å². The molecule has 0 unspecified atom stereocenters. The molecule has 1 heterocycles. The zero-order valence-corrected chi connectivity index (χ0v) is 17.9. The Morgan fingerprint density at radius 2 is 1.84 bits per heavy atom. The molecule has 2 rings (SSSR count). The summed E-state index contributed by atoms with van der Waals surface area (Å²) in [4.78, 5) is 4.62. The molecule has 2 N–H and O–H groups in total. The van der Waals surface area contributed by atoms with Gasteiger partial charge in [-0.15, -0.1) is 24.0 Å². The average Bonchev–Trinajstić information content (AvgIpc) is 2.59. The fourth-order valence-electron chi connectivity index (χ4n) is 2.56. The lowest BCUT2D eigenvalue weighted by Gasteiger charge is -2.22. The maximum Gasteiger partial charge on any atom is 0.191 e. The molecule has 0 aliphatic carbocycles. The average molecular weight is 461 g/mol. The fourth-order valence-corrected chi connectivity index (χ4v) is 2.56. The first kappa shape index (κ1) is 22.2. The predicted octanol–water partition coefficient (Wildman–Crippen LogP) is 3.46. The van der Waals surface area contributed by atoms with Gasteiger partial charge < -0.3 is 20.1 Å². The van der Waals surface area contributed by atoms with Gasteiger partial charge in [-0.25, -0.2) is 4.99 Å². The first-order chi connectivity index (χ1) is 11.7. The highest BCUT2D eigenvalue weighted by Crippen LogP contribution is 2.14. The molecule has 6 heteroatoms. The van der Waals surface area contributed by atoms with Crippen LogP contribution in [0.15, 0.2) is 29.3 Å². The largest absolute Gasteiger partial charge is 0.381 e. The van der Waals surface area contributed by atoms with Gasteiger partial charge in [-0.3, -0.25) is 0 Å². The Morgan fingerprint density at radius 1 is 1.20 bits per heavy atom. The van der Waals surface area contributed by atoms with Crippen LogP contribution < -0.4 is 10.6 Å². The Bertz CT molecular complexity index is 500. The van der Waals surface area contributed by atoms with Crippen LogP contribution in [-0.2, 0) is 22.6 Å². The summed E-state index contributed by atoms with van der Waals surface area (Å²) in [5.41, 5.74) is 2.41. The molecule has 0 bridgehead atoms. The molecular formula is C19H32IN3O2. The van der Waals surface area contributed by atoms with Gasteiger partial charge in [0.2, 0.25) is 0 Å². The molecule has 0 spiro atoms. The van der Waals surface area contributed by atoms with Gasteiger partial charge >= 0.3 is 0 Å². The highest BCUT2D eigenvalue weighted by molar-refractivity contribution is 14.0. The Labute approximate surface area is 169 Å². The van der Waals surface area contributed by atoms with Crippen molar-refractivity contribution in [1.82, 2.24) is 10.6 Å². The van der Waals surface area contributed by atoms with Crippen molar-refractivity contribution in [1.29, 1.82) is 0 Å². The quantitative estimate of drug-likeness (QED) is 0.371. The van der Waals surface area contributed by atoms with Crippen LogP contribution in [0.2, 0.25) is 0 Å². The molecule has 0 radical (unpaired) electrons. The van der Waals surface area contributed by atoms with Crippen LogP contribution in [0.5, 0.6) is 0 Å². The highest BCUT2D eigenvalue weighted by atomic mass is 127. The smallest absolute Gasteiger partial charge is 0.191 e. The van der Waals surface area contributed by atoms with Crippen LogP contribution in [0.25, 0.3) is 0 Å². The number of guanidine groups is 1. The molecule has 1 fully saturated rings. The summed E-state index contributed by atoms with van der Waals surface area (Å²) < 4.78 is 11.3. The SMILES string of the molecule is CCNC(=NCc1ccc(COC2CCOCC2)cc1)NC(C)C.I. The molecule has 1 aliphatic heterocycles. The number of halogens is 1. The number of benzene rings is 1. The molecule has 1 aromatic rings. The summed E-state index contributed by atoms with van der Waals surface area (Å²) in [5.74, 6) is 0.861. The van der Waals surface area contributed by atoms with Crippen LogP contribution in [0.1, 0.15) is 44.7 Å². The number of nitrogens with one attached hydrogen (secondary N) is 2. The number of rotatable bonds is 7. The van der Waals surface area contributed by atoms with E-state index in [1.165, 1.54) is 11.1 Å². The van der Waals surface area contributed by atoms with Crippen molar-refractivity contribution in [2.75, 3.05) is 19.8 Å². The van der Waals surface area contributed by atoms with Crippen molar-refractivity contribution in [2.45, 2.75) is 58.9 Å². The van der Waals surface area contributed by atoms with E-state index in [4.69, 9.17) is 9.47 Å². The van der Waals surface area contributed by atoms with Crippen molar-refractivity contribution >= 4 is 29.9 Å². The third kappa shape index (κ3) is 8.87. The van der Waals surface area contributed by atoms with Crippen LogP contribution in [0, 0.1) is 0 Å². The summed E-state index contributed by atoms with van der Waals surface area (Å²) in [7, 11) is 0. The van der Waals surface area contributed by atoms with Crippen LogP contribution in [0.3, 0.4) is 0 Å². The molecule has 0 atom stereocenters. The number of hydrogen-bond donors (Lipinski definition) is 2. The zero-order valence-electron chi connectivity index (χ0n) is 15.6. The topological polar surface area (TPSA) is 54.9 Å². The van der Waals surface area contributed by atoms with Crippen molar-refractivity contribution < 1.29 is 9.47 Å². The van der Waals surface area contributed by atoms with Crippen molar-refractivity contribution in [3.05, 3.63) is 35.4 Å². The number of hydrogen-bond acceptors (Lipinski definition) is 3. The van der Waals surface area contributed by atoms with Gasteiger partial charge in [0.25, 0.3) is 0 Å². The number of ether oxygens (including phenoxy) is 2. The first-order valence-electron chi connectivity index (χ1n) is 8.99. The van der Waals surface area contributed by atoms with Gasteiger partial charge in [-0.2, -0.15) is 0 Å². The van der Waals surface area contributed by atoms with E-state index < -0.39 is 0 Å². The molecule has 142 valence electrons. The second kappa shape index (κ2) is 12.5. The first-order valence-corrected chi connectivity index (χ1v) is 8.99. The minimum Gasteiger partial charge on any atom is -0.381 e. The molecule has 1 aliphatic rings. The Hall–Kier alpha value is -0.860. The van der Waals surface area contributed by atoms with Crippen LogP contribution >= 0.6 is 24.0 Å². The third-order valence-electron chi connectivity index (χ3n) is 3.87. The van der Waals surface area contributed by atoms with Gasteiger partial charge in [-0.1, -0.05) is 24.3 Å². The summed E-state index contributed by atoms with van der Waals surface area (Å²) in [6.07, 6.45) is 2.35. The van der Waals surface area contributed by atoms with Crippen molar-refractivity contribution in [3.63, 3.8) is 0 Å². The molecule has 0 saturated carbocycles. The Balaban J connectivity index is 0.00000312. The van der Waals surface area contributed by atoms with E-state index >= 15 is 0 Å². The molecule has 0 amide bonds. The van der Waals surface area contributed by atoms with E-state index in [0.29, 0.717) is 25.3 Å². The van der Waals surface area contributed by atoms with Crippen LogP contribution in [-0.4, -0.2) is 37.9 Å². The summed E-state index contributed by atoms with van der Waals surface area (Å²) in [5, 5.41) is 6.59. The lowest BCUT2D eigenvalue weighted by Crippen LogP contribution is -2.40. The van der Waals surface area contributed by atoms with Gasteiger partial charge in [-0.05, 0) is 44.7 Å². The molecule has 25 heavy (non-hydrogen) atoms. The van der Waals surface area contributed by atoms with Crippen molar-refractivity contribution in [3.8, 4) is 0 Å². The second-order valence-electron chi connectivity index (χ2n) is 6.43. The number of nitrogens with zero attached hydrogens (tertiary/aromatic N) is 1. The number of aliphatic imine (C=N–C) groups is 1. The minimum absolute atomic E-state index is 0. The van der Waals surface area contributed by atoms with E-state index in [-0.39, 0.29) is 24.0 Å². The second-order valence-corrected chi connectivity index (χ2v) is 6.43. The standard InChI is InChI=1S/C19H31N3O2.HI/c1-4-20-19(22-15(2)3)21-13-16-5-7-17(8-6-16)14-24-18-9-11-23-12-10-18;/h5-8,15,18H,4,9-14H2,1-3H3,(H2,20,21,22);1H. The summed E-state index contributed by atoms with van der Waals surface area (Å²) >= 11 is 0. The lowest BCUT2D eigenvalue weighted by atomic mass is 10.1. The lowest BCUT2D eigenvalue weighted by molar-refractivity contribution is -0.0390. The maximum atomic E-state index is 5.96. The summed E-state index contributed by atoms with van der Waals surface area (Å²) in [6, 6.07) is 8.89. The Kier molecular flexibility index (Phi) is 11.1. The van der Waals surface area contributed by atoms with E-state index in [1.807, 2.05) is 0 Å². The Morgan fingerprint density at radius 3 is 2.44 bits per heavy atom. The van der Waals surface area contributed by atoms with E-state index in [2.05, 4.69) is 60.7 Å². The normalized spacial score (nSPS) is 15.8. The highest BCUT2D eigenvalue weighted by Gasteiger charge is 2.13. The molecule has 1 saturated heterocycles. The summed E-state index contributed by atoms with van der Waals surface area (Å²) in [6.45, 7) is 10.1. The fraction of sp³-hybridized carbons (Fsp3) is 0.632. The van der Waals surface area contributed by atoms with E-state index in [0.717, 1.165) is 38.6 Å². The van der Waals surface area contributed by atoms with E-state index in [9.17, 15) is 0 Å². The van der Waals surface area contributed by atoms with Crippen LogP contribution in [0.4, 0.5) is 0 Å². The minimum atomic E-state index is 0. The van der Waals surface area contributed by atoms with Gasteiger partial charge in [0.05, 0.1) is 19.3 Å². The molecule has 0 aromatic heterocycles. The third-order valence-corrected chi connectivity index (χ3v) is 3.87. The van der Waals surface area contributed by atoms with Gasteiger partial charge in [0.15, 0.2) is 5.96 Å². The monoisotopic (exact) mass is 461 g/mol. The zero-order chi connectivity index (χ0) is 17.2. The predicted molar refractivity (Wildman–Crippen MR) is 114 cm³/mol. The van der Waals surface area contributed by atoms with Crippen molar-refractivity contribution in [2.24, 2.45) is 4.99 Å².